The van der Waals surface area contributed by atoms with Crippen LogP contribution in [0.4, 0.5) is 0 Å². The van der Waals surface area contributed by atoms with E-state index >= 15 is 0 Å². The van der Waals surface area contributed by atoms with Gasteiger partial charge in [-0.3, -0.25) is 4.79 Å². The van der Waals surface area contributed by atoms with Gasteiger partial charge in [-0.15, -0.1) is 0 Å². The molecule has 1 aromatic rings. The highest BCUT2D eigenvalue weighted by Crippen LogP contribution is 2.26. The Kier molecular flexibility index (Phi) is 5.18. The van der Waals surface area contributed by atoms with Crippen LogP contribution < -0.4 is 5.32 Å². The van der Waals surface area contributed by atoms with Gasteiger partial charge >= 0.3 is 0 Å². The molecule has 0 heterocycles. The van der Waals surface area contributed by atoms with E-state index in [0.717, 1.165) is 24.0 Å². The van der Waals surface area contributed by atoms with Crippen molar-refractivity contribution < 1.29 is 9.90 Å². The first-order valence-corrected chi connectivity index (χ1v) is 7.61. The summed E-state index contributed by atoms with van der Waals surface area (Å²) in [6.45, 7) is 4.27. The van der Waals surface area contributed by atoms with Gasteiger partial charge in [0.25, 0.3) is 5.91 Å². The third-order valence-electron chi connectivity index (χ3n) is 4.30. The molecule has 3 heteroatoms. The van der Waals surface area contributed by atoms with Gasteiger partial charge in [0.1, 0.15) is 0 Å². The fourth-order valence-corrected chi connectivity index (χ4v) is 2.96. The number of hydrogen-bond acceptors (Lipinski definition) is 2. The fourth-order valence-electron chi connectivity index (χ4n) is 2.96. The SMILES string of the molecule is Cc1ccc(C)c(C(=O)NCC(O)C2CCCCC2)c1. The Morgan fingerprint density at radius 3 is 2.70 bits per heavy atom. The molecular weight excluding hydrogens is 250 g/mol. The molecule has 0 aromatic heterocycles. The Bertz CT molecular complexity index is 464. The van der Waals surface area contributed by atoms with Crippen molar-refractivity contribution in [3.63, 3.8) is 0 Å². The molecule has 3 nitrogen and oxygen atoms in total. The summed E-state index contributed by atoms with van der Waals surface area (Å²) in [5.74, 6) is 0.267. The quantitative estimate of drug-likeness (QED) is 0.887. The number of rotatable bonds is 4. The third kappa shape index (κ3) is 3.83. The molecule has 1 aromatic carbocycles. The van der Waals surface area contributed by atoms with Gasteiger partial charge in [-0.2, -0.15) is 0 Å². The zero-order chi connectivity index (χ0) is 14.5. The first kappa shape index (κ1) is 15.0. The van der Waals surface area contributed by atoms with Crippen LogP contribution in [0.2, 0.25) is 0 Å². The minimum Gasteiger partial charge on any atom is -0.391 e. The first-order valence-electron chi connectivity index (χ1n) is 7.61. The Morgan fingerprint density at radius 2 is 2.00 bits per heavy atom. The topological polar surface area (TPSA) is 49.3 Å². The van der Waals surface area contributed by atoms with E-state index in [-0.39, 0.29) is 5.91 Å². The van der Waals surface area contributed by atoms with Crippen molar-refractivity contribution in [1.82, 2.24) is 5.32 Å². The van der Waals surface area contributed by atoms with Crippen molar-refractivity contribution in [1.29, 1.82) is 0 Å². The summed E-state index contributed by atoms with van der Waals surface area (Å²) in [5, 5.41) is 13.1. The summed E-state index contributed by atoms with van der Waals surface area (Å²) in [6.07, 6.45) is 5.43. The highest BCUT2D eigenvalue weighted by atomic mass is 16.3. The molecule has 1 amide bonds. The minimum atomic E-state index is -0.413. The lowest BCUT2D eigenvalue weighted by molar-refractivity contribution is 0.0738. The van der Waals surface area contributed by atoms with Crippen LogP contribution in [0.25, 0.3) is 0 Å². The van der Waals surface area contributed by atoms with Crippen molar-refractivity contribution in [2.45, 2.75) is 52.1 Å². The number of aliphatic hydroxyl groups is 1. The number of carbonyl (C=O) groups is 1. The lowest BCUT2D eigenvalue weighted by Crippen LogP contribution is -2.37. The second kappa shape index (κ2) is 6.89. The Morgan fingerprint density at radius 1 is 1.30 bits per heavy atom. The Hall–Kier alpha value is -1.35. The average Bonchev–Trinajstić information content (AvgIpc) is 2.47. The molecule has 110 valence electrons. The number of nitrogens with one attached hydrogen (secondary N) is 1. The monoisotopic (exact) mass is 275 g/mol. The summed E-state index contributed by atoms with van der Waals surface area (Å²) in [5.41, 5.74) is 2.76. The summed E-state index contributed by atoms with van der Waals surface area (Å²) in [6, 6.07) is 5.86. The molecule has 0 saturated heterocycles. The molecule has 1 aliphatic carbocycles. The van der Waals surface area contributed by atoms with Gasteiger partial charge in [0.2, 0.25) is 0 Å². The van der Waals surface area contributed by atoms with Crippen molar-refractivity contribution >= 4 is 5.91 Å². The molecule has 0 bridgehead atoms. The Balaban J connectivity index is 1.89. The van der Waals surface area contributed by atoms with Crippen LogP contribution in [-0.2, 0) is 0 Å². The molecule has 1 aliphatic rings. The minimum absolute atomic E-state index is 0.0824. The van der Waals surface area contributed by atoms with Gasteiger partial charge in [0.15, 0.2) is 0 Å². The van der Waals surface area contributed by atoms with E-state index in [4.69, 9.17) is 0 Å². The van der Waals surface area contributed by atoms with E-state index < -0.39 is 6.10 Å². The predicted octanol–water partition coefficient (Wildman–Crippen LogP) is 2.97. The highest BCUT2D eigenvalue weighted by Gasteiger charge is 2.22. The maximum atomic E-state index is 12.2. The Labute approximate surface area is 121 Å². The van der Waals surface area contributed by atoms with Crippen LogP contribution >= 0.6 is 0 Å². The van der Waals surface area contributed by atoms with Crippen molar-refractivity contribution in [2.24, 2.45) is 5.92 Å². The molecule has 1 saturated carbocycles. The largest absolute Gasteiger partial charge is 0.391 e. The smallest absolute Gasteiger partial charge is 0.251 e. The fraction of sp³-hybridized carbons (Fsp3) is 0.588. The number of benzene rings is 1. The third-order valence-corrected chi connectivity index (χ3v) is 4.30. The maximum absolute atomic E-state index is 12.2. The lowest BCUT2D eigenvalue weighted by Gasteiger charge is -2.26. The summed E-state index contributed by atoms with van der Waals surface area (Å²) < 4.78 is 0. The van der Waals surface area contributed by atoms with Crippen LogP contribution in [0.3, 0.4) is 0 Å². The van der Waals surface area contributed by atoms with Gasteiger partial charge in [-0.25, -0.2) is 0 Å². The molecule has 0 aliphatic heterocycles. The molecule has 1 atom stereocenters. The van der Waals surface area contributed by atoms with E-state index in [1.165, 1.54) is 19.3 Å². The summed E-state index contributed by atoms with van der Waals surface area (Å²) in [7, 11) is 0. The zero-order valence-corrected chi connectivity index (χ0v) is 12.5. The van der Waals surface area contributed by atoms with Crippen molar-refractivity contribution in [3.05, 3.63) is 34.9 Å². The van der Waals surface area contributed by atoms with Gasteiger partial charge in [0, 0.05) is 12.1 Å². The maximum Gasteiger partial charge on any atom is 0.251 e. The van der Waals surface area contributed by atoms with E-state index in [1.54, 1.807) is 0 Å². The number of aliphatic hydroxyl groups excluding tert-OH is 1. The average molecular weight is 275 g/mol. The molecule has 20 heavy (non-hydrogen) atoms. The van der Waals surface area contributed by atoms with E-state index in [0.29, 0.717) is 18.0 Å². The highest BCUT2D eigenvalue weighted by molar-refractivity contribution is 5.95. The molecule has 2 rings (SSSR count). The van der Waals surface area contributed by atoms with Crippen LogP contribution in [0, 0.1) is 19.8 Å². The van der Waals surface area contributed by atoms with E-state index in [1.807, 2.05) is 32.0 Å². The number of aryl methyl sites for hydroxylation is 2. The van der Waals surface area contributed by atoms with Crippen molar-refractivity contribution in [2.75, 3.05) is 6.54 Å². The predicted molar refractivity (Wildman–Crippen MR) is 80.8 cm³/mol. The first-order chi connectivity index (χ1) is 9.58. The molecule has 0 radical (unpaired) electrons. The molecule has 0 spiro atoms. The molecule has 1 unspecified atom stereocenters. The van der Waals surface area contributed by atoms with Crippen LogP contribution in [0.1, 0.15) is 53.6 Å². The molecule has 2 N–H and O–H groups in total. The summed E-state index contributed by atoms with van der Waals surface area (Å²) >= 11 is 0. The van der Waals surface area contributed by atoms with Gasteiger partial charge < -0.3 is 10.4 Å². The number of amides is 1. The number of hydrogen-bond donors (Lipinski definition) is 2. The lowest BCUT2D eigenvalue weighted by atomic mass is 9.85. The van der Waals surface area contributed by atoms with Crippen LogP contribution in [0.5, 0.6) is 0 Å². The normalized spacial score (nSPS) is 17.8. The van der Waals surface area contributed by atoms with Gasteiger partial charge in [-0.1, -0.05) is 37.0 Å². The van der Waals surface area contributed by atoms with Crippen LogP contribution in [0.15, 0.2) is 18.2 Å². The standard InChI is InChI=1S/C17H25NO2/c1-12-8-9-13(2)15(10-12)17(20)18-11-16(19)14-6-4-3-5-7-14/h8-10,14,16,19H,3-7,11H2,1-2H3,(H,18,20). The van der Waals surface area contributed by atoms with Crippen LogP contribution in [-0.4, -0.2) is 23.7 Å². The molecule has 1 fully saturated rings. The second-order valence-electron chi connectivity index (χ2n) is 5.99. The van der Waals surface area contributed by atoms with Gasteiger partial charge in [-0.05, 0) is 44.2 Å². The van der Waals surface area contributed by atoms with E-state index in [2.05, 4.69) is 5.32 Å². The number of carbonyl (C=O) groups excluding carboxylic acids is 1. The molecular formula is C17H25NO2. The second-order valence-corrected chi connectivity index (χ2v) is 5.99. The van der Waals surface area contributed by atoms with Gasteiger partial charge in [0.05, 0.1) is 6.10 Å². The summed E-state index contributed by atoms with van der Waals surface area (Å²) in [4.78, 5) is 12.2. The zero-order valence-electron chi connectivity index (χ0n) is 12.5. The van der Waals surface area contributed by atoms with Crippen molar-refractivity contribution in [3.8, 4) is 0 Å². The van der Waals surface area contributed by atoms with E-state index in [9.17, 15) is 9.90 Å².